The van der Waals surface area contributed by atoms with E-state index in [-0.39, 0.29) is 29.2 Å². The van der Waals surface area contributed by atoms with Gasteiger partial charge in [-0.2, -0.15) is 0 Å². The Morgan fingerprint density at radius 2 is 1.91 bits per heavy atom. The molecule has 1 aliphatic rings. The number of carbonyl (C=O) groups excluding carboxylic acids is 1. The predicted octanol–water partition coefficient (Wildman–Crippen LogP) is 4.67. The molecule has 5 rings (SSSR count). The molecule has 1 fully saturated rings. The summed E-state index contributed by atoms with van der Waals surface area (Å²) in [6, 6.07) is 11.5. The number of nitrogens with one attached hydrogen (secondary N) is 1. The summed E-state index contributed by atoms with van der Waals surface area (Å²) >= 11 is 6.01. The van der Waals surface area contributed by atoms with E-state index in [1.807, 2.05) is 6.07 Å². The van der Waals surface area contributed by atoms with Crippen molar-refractivity contribution in [3.05, 3.63) is 87.4 Å². The molecule has 180 valence electrons. The molecule has 0 radical (unpaired) electrons. The third-order valence-electron chi connectivity index (χ3n) is 6.71. The molecule has 0 aliphatic heterocycles. The fourth-order valence-corrected chi connectivity index (χ4v) is 5.02. The summed E-state index contributed by atoms with van der Waals surface area (Å²) in [5.74, 6) is -0.382. The van der Waals surface area contributed by atoms with E-state index in [2.05, 4.69) is 15.3 Å². The molecular weight excluding hydrogens is 469 g/mol. The topological polar surface area (TPSA) is 81.8 Å². The quantitative estimate of drug-likeness (QED) is 0.438. The first-order chi connectivity index (χ1) is 16.9. The summed E-state index contributed by atoms with van der Waals surface area (Å²) in [5.41, 5.74) is 2.13. The van der Waals surface area contributed by atoms with Crippen LogP contribution < -0.4 is 11.0 Å². The number of amides is 1. The first-order valence-corrected chi connectivity index (χ1v) is 12.0. The molecule has 1 N–H and O–H groups in total. The van der Waals surface area contributed by atoms with Crippen LogP contribution in [0.2, 0.25) is 5.02 Å². The standard InChI is InChI=1S/C26H25ClFN5O2/c1-16-20(13-18(27)14-30-16)25(34)31-19-10-8-17(9-11-19)15-32-23-7-4-12-29-24(23)33(26(32)35)22-6-3-2-5-21(22)28/h2-7,12-14,17,19H,8-11,15H2,1H3,(H,31,34)/t17-,19-. The molecule has 0 unspecified atom stereocenters. The maximum atomic E-state index is 14.5. The zero-order valence-electron chi connectivity index (χ0n) is 19.2. The summed E-state index contributed by atoms with van der Waals surface area (Å²) in [5, 5.41) is 3.53. The van der Waals surface area contributed by atoms with Gasteiger partial charge in [-0.1, -0.05) is 23.7 Å². The molecular formula is C26H25ClFN5O2. The lowest BCUT2D eigenvalue weighted by Gasteiger charge is -2.29. The number of aromatic nitrogens is 4. The zero-order chi connectivity index (χ0) is 24.5. The molecule has 0 saturated heterocycles. The molecule has 3 aromatic heterocycles. The summed E-state index contributed by atoms with van der Waals surface area (Å²) < 4.78 is 17.6. The van der Waals surface area contributed by atoms with Crippen LogP contribution in [0.15, 0.2) is 59.7 Å². The number of hydrogen-bond donors (Lipinski definition) is 1. The Morgan fingerprint density at radius 3 is 2.69 bits per heavy atom. The molecule has 1 aromatic carbocycles. The number of hydrogen-bond acceptors (Lipinski definition) is 4. The SMILES string of the molecule is Cc1ncc(Cl)cc1C(=O)N[C@H]1CC[C@H](Cn2c(=O)n(-c3ccccc3F)c3ncccc32)CC1. The molecule has 9 heteroatoms. The second kappa shape index (κ2) is 9.62. The minimum Gasteiger partial charge on any atom is -0.349 e. The van der Waals surface area contributed by atoms with E-state index in [0.717, 1.165) is 25.7 Å². The third-order valence-corrected chi connectivity index (χ3v) is 6.91. The molecule has 7 nitrogen and oxygen atoms in total. The number of fused-ring (bicyclic) bond motifs is 1. The Hall–Kier alpha value is -3.52. The van der Waals surface area contributed by atoms with E-state index in [9.17, 15) is 14.0 Å². The van der Waals surface area contributed by atoms with Gasteiger partial charge in [0.15, 0.2) is 5.65 Å². The first kappa shape index (κ1) is 23.2. The van der Waals surface area contributed by atoms with Crippen LogP contribution in [0.5, 0.6) is 0 Å². The highest BCUT2D eigenvalue weighted by atomic mass is 35.5. The maximum absolute atomic E-state index is 14.5. The Labute approximate surface area is 206 Å². The summed E-state index contributed by atoms with van der Waals surface area (Å²) in [7, 11) is 0. The molecule has 1 aliphatic carbocycles. The Bertz CT molecular complexity index is 1460. The number of benzene rings is 1. The van der Waals surface area contributed by atoms with Crippen LogP contribution in [0.25, 0.3) is 16.9 Å². The molecule has 1 saturated carbocycles. The molecule has 0 spiro atoms. The number of rotatable bonds is 5. The fourth-order valence-electron chi connectivity index (χ4n) is 4.86. The fraction of sp³-hybridized carbons (Fsp3) is 0.308. The van der Waals surface area contributed by atoms with Gasteiger partial charge in [-0.05, 0) is 68.9 Å². The van der Waals surface area contributed by atoms with Crippen LogP contribution in [0.4, 0.5) is 4.39 Å². The van der Waals surface area contributed by atoms with Gasteiger partial charge in [0.2, 0.25) is 0 Å². The van der Waals surface area contributed by atoms with Gasteiger partial charge in [-0.3, -0.25) is 14.3 Å². The number of nitrogens with zero attached hydrogens (tertiary/aromatic N) is 4. The highest BCUT2D eigenvalue weighted by Gasteiger charge is 2.26. The second-order valence-electron chi connectivity index (χ2n) is 9.00. The van der Waals surface area contributed by atoms with Crippen LogP contribution in [-0.2, 0) is 6.54 Å². The lowest BCUT2D eigenvalue weighted by molar-refractivity contribution is 0.0919. The van der Waals surface area contributed by atoms with Crippen molar-refractivity contribution in [3.8, 4) is 5.69 Å². The van der Waals surface area contributed by atoms with Crippen molar-refractivity contribution in [3.63, 3.8) is 0 Å². The van der Waals surface area contributed by atoms with Gasteiger partial charge in [0.1, 0.15) is 5.82 Å². The number of pyridine rings is 2. The minimum absolute atomic E-state index is 0.0512. The van der Waals surface area contributed by atoms with Gasteiger partial charge in [-0.15, -0.1) is 0 Å². The van der Waals surface area contributed by atoms with Gasteiger partial charge < -0.3 is 5.32 Å². The van der Waals surface area contributed by atoms with E-state index in [1.54, 1.807) is 48.0 Å². The van der Waals surface area contributed by atoms with Crippen LogP contribution in [-0.4, -0.2) is 31.1 Å². The van der Waals surface area contributed by atoms with Crippen LogP contribution in [0, 0.1) is 18.7 Å². The Balaban J connectivity index is 1.31. The van der Waals surface area contributed by atoms with Crippen molar-refractivity contribution in [1.29, 1.82) is 0 Å². The van der Waals surface area contributed by atoms with Gasteiger partial charge in [0.25, 0.3) is 5.91 Å². The molecule has 3 heterocycles. The maximum Gasteiger partial charge on any atom is 0.335 e. The number of halogens is 2. The lowest BCUT2D eigenvalue weighted by atomic mass is 9.85. The van der Waals surface area contributed by atoms with E-state index in [4.69, 9.17) is 11.6 Å². The van der Waals surface area contributed by atoms with Gasteiger partial charge in [0.05, 0.1) is 27.5 Å². The van der Waals surface area contributed by atoms with Gasteiger partial charge in [-0.25, -0.2) is 18.7 Å². The summed E-state index contributed by atoms with van der Waals surface area (Å²) in [6.07, 6.45) is 6.46. The van der Waals surface area contributed by atoms with Gasteiger partial charge >= 0.3 is 5.69 Å². The molecule has 0 bridgehead atoms. The number of aryl methyl sites for hydroxylation is 1. The molecule has 1 amide bonds. The van der Waals surface area contributed by atoms with E-state index >= 15 is 0 Å². The predicted molar refractivity (Wildman–Crippen MR) is 132 cm³/mol. The Kier molecular flexibility index (Phi) is 6.38. The Morgan fingerprint density at radius 1 is 1.14 bits per heavy atom. The van der Waals surface area contributed by atoms with E-state index < -0.39 is 5.82 Å². The number of carbonyl (C=O) groups is 1. The highest BCUT2D eigenvalue weighted by Crippen LogP contribution is 2.27. The number of imidazole rings is 1. The minimum atomic E-state index is -0.472. The molecule has 4 aromatic rings. The van der Waals surface area contributed by atoms with E-state index in [0.29, 0.717) is 34.0 Å². The van der Waals surface area contributed by atoms with Crippen molar-refractivity contribution in [1.82, 2.24) is 24.4 Å². The van der Waals surface area contributed by atoms with Crippen LogP contribution >= 0.6 is 11.6 Å². The highest BCUT2D eigenvalue weighted by molar-refractivity contribution is 6.30. The van der Waals surface area contributed by atoms with Crippen LogP contribution in [0.1, 0.15) is 41.7 Å². The smallest absolute Gasteiger partial charge is 0.335 e. The van der Waals surface area contributed by atoms with Crippen LogP contribution in [0.3, 0.4) is 0 Å². The van der Waals surface area contributed by atoms with Gasteiger partial charge in [0, 0.05) is 25.0 Å². The number of para-hydroxylation sites is 1. The first-order valence-electron chi connectivity index (χ1n) is 11.7. The van der Waals surface area contributed by atoms with Crippen molar-refractivity contribution >= 4 is 28.7 Å². The average molecular weight is 494 g/mol. The normalized spacial score (nSPS) is 18.0. The van der Waals surface area contributed by atoms with Crippen molar-refractivity contribution < 1.29 is 9.18 Å². The van der Waals surface area contributed by atoms with Crippen molar-refractivity contribution in [2.75, 3.05) is 0 Å². The summed E-state index contributed by atoms with van der Waals surface area (Å²) in [4.78, 5) is 34.6. The largest absolute Gasteiger partial charge is 0.349 e. The molecule has 0 atom stereocenters. The summed E-state index contributed by atoms with van der Waals surface area (Å²) in [6.45, 7) is 2.30. The second-order valence-corrected chi connectivity index (χ2v) is 9.44. The zero-order valence-corrected chi connectivity index (χ0v) is 20.0. The lowest BCUT2D eigenvalue weighted by Crippen LogP contribution is -2.39. The van der Waals surface area contributed by atoms with Crippen molar-refractivity contribution in [2.45, 2.75) is 45.2 Å². The van der Waals surface area contributed by atoms with Crippen molar-refractivity contribution in [2.24, 2.45) is 5.92 Å². The average Bonchev–Trinajstić information content (AvgIpc) is 3.13. The molecule has 35 heavy (non-hydrogen) atoms. The van der Waals surface area contributed by atoms with E-state index in [1.165, 1.54) is 16.8 Å². The monoisotopic (exact) mass is 493 g/mol. The third kappa shape index (κ3) is 4.58.